The maximum Gasteiger partial charge on any atom is 0.215 e. The maximum absolute atomic E-state index is 13.0. The van der Waals surface area contributed by atoms with Crippen LogP contribution in [-0.2, 0) is 22.2 Å². The number of nitrogens with zero attached hydrogens (tertiary/aromatic N) is 1. The molecule has 0 aliphatic heterocycles. The van der Waals surface area contributed by atoms with E-state index in [0.717, 1.165) is 27.4 Å². The quantitative estimate of drug-likeness (QED) is 0.665. The molecule has 3 rings (SSSR count). The van der Waals surface area contributed by atoms with Crippen LogP contribution in [0.4, 0.5) is 4.39 Å². The number of sulfonamides is 1. The number of hydrogen-bond donors (Lipinski definition) is 1. The van der Waals surface area contributed by atoms with Gasteiger partial charge in [-0.25, -0.2) is 22.5 Å². The molecule has 0 bridgehead atoms. The molecule has 0 amide bonds. The van der Waals surface area contributed by atoms with Gasteiger partial charge in [0.15, 0.2) is 0 Å². The molecule has 0 aliphatic carbocycles. The van der Waals surface area contributed by atoms with Gasteiger partial charge in [-0.05, 0) is 36.8 Å². The first-order chi connectivity index (χ1) is 12.4. The third kappa shape index (κ3) is 5.20. The molecule has 0 radical (unpaired) electrons. The fraction of sp³-hybridized carbons (Fsp3) is 0.211. The fourth-order valence-electron chi connectivity index (χ4n) is 2.55. The molecule has 1 heterocycles. The summed E-state index contributed by atoms with van der Waals surface area (Å²) in [5.74, 6) is -0.319. The zero-order chi connectivity index (χ0) is 18.6. The van der Waals surface area contributed by atoms with E-state index in [-0.39, 0.29) is 11.6 Å². The van der Waals surface area contributed by atoms with Crippen molar-refractivity contribution in [1.29, 1.82) is 0 Å². The highest BCUT2D eigenvalue weighted by molar-refractivity contribution is 7.88. The van der Waals surface area contributed by atoms with Gasteiger partial charge in [0.25, 0.3) is 0 Å². The molecule has 3 aromatic rings. The van der Waals surface area contributed by atoms with Crippen LogP contribution >= 0.6 is 11.3 Å². The summed E-state index contributed by atoms with van der Waals surface area (Å²) in [6.45, 7) is 2.23. The molecular formula is C19H19FN2O2S2. The molecule has 0 unspecified atom stereocenters. The molecule has 0 atom stereocenters. The van der Waals surface area contributed by atoms with Crippen LogP contribution in [-0.4, -0.2) is 19.9 Å². The average Bonchev–Trinajstić information content (AvgIpc) is 3.04. The van der Waals surface area contributed by atoms with Gasteiger partial charge in [0.05, 0.1) is 11.4 Å². The first-order valence-corrected chi connectivity index (χ1v) is 10.7. The van der Waals surface area contributed by atoms with Gasteiger partial charge < -0.3 is 0 Å². The minimum absolute atomic E-state index is 0.0351. The second-order valence-electron chi connectivity index (χ2n) is 6.04. The molecule has 1 N–H and O–H groups in total. The Morgan fingerprint density at radius 2 is 1.92 bits per heavy atom. The summed E-state index contributed by atoms with van der Waals surface area (Å²) in [7, 11) is -3.39. The first-order valence-electron chi connectivity index (χ1n) is 8.14. The van der Waals surface area contributed by atoms with Crippen molar-refractivity contribution in [2.75, 3.05) is 6.54 Å². The van der Waals surface area contributed by atoms with Crippen molar-refractivity contribution in [2.24, 2.45) is 0 Å². The summed E-state index contributed by atoms with van der Waals surface area (Å²) in [6, 6.07) is 13.6. The largest absolute Gasteiger partial charge is 0.241 e. The van der Waals surface area contributed by atoms with Crippen LogP contribution in [0.3, 0.4) is 0 Å². The predicted molar refractivity (Wildman–Crippen MR) is 103 cm³/mol. The van der Waals surface area contributed by atoms with Gasteiger partial charge in [0.1, 0.15) is 10.8 Å². The van der Waals surface area contributed by atoms with E-state index in [4.69, 9.17) is 0 Å². The van der Waals surface area contributed by atoms with Crippen LogP contribution in [0.15, 0.2) is 53.9 Å². The fourth-order valence-corrected chi connectivity index (χ4v) is 4.55. The monoisotopic (exact) mass is 390 g/mol. The molecule has 0 saturated heterocycles. The molecule has 7 heteroatoms. The smallest absolute Gasteiger partial charge is 0.215 e. The van der Waals surface area contributed by atoms with Crippen molar-refractivity contribution >= 4 is 21.4 Å². The molecule has 0 saturated carbocycles. The van der Waals surface area contributed by atoms with Crippen molar-refractivity contribution in [2.45, 2.75) is 19.1 Å². The van der Waals surface area contributed by atoms with Crippen molar-refractivity contribution in [3.05, 3.63) is 76.5 Å². The Kier molecular flexibility index (Phi) is 5.80. The lowest BCUT2D eigenvalue weighted by molar-refractivity contribution is 0.580. The number of rotatable bonds is 7. The zero-order valence-corrected chi connectivity index (χ0v) is 15.9. The van der Waals surface area contributed by atoms with Gasteiger partial charge in [-0.3, -0.25) is 0 Å². The van der Waals surface area contributed by atoms with Crippen LogP contribution in [0.1, 0.15) is 16.8 Å². The van der Waals surface area contributed by atoms with E-state index in [2.05, 4.69) is 9.71 Å². The summed E-state index contributed by atoms with van der Waals surface area (Å²) in [4.78, 5) is 4.49. The van der Waals surface area contributed by atoms with E-state index in [1.807, 2.05) is 36.6 Å². The lowest BCUT2D eigenvalue weighted by Gasteiger charge is -2.06. The van der Waals surface area contributed by atoms with Crippen molar-refractivity contribution in [1.82, 2.24) is 9.71 Å². The van der Waals surface area contributed by atoms with Crippen LogP contribution in [0.5, 0.6) is 0 Å². The normalized spacial score (nSPS) is 11.6. The van der Waals surface area contributed by atoms with E-state index in [1.165, 1.54) is 23.5 Å². The molecule has 26 heavy (non-hydrogen) atoms. The number of hydrogen-bond acceptors (Lipinski definition) is 4. The summed E-state index contributed by atoms with van der Waals surface area (Å²) in [6.07, 6.45) is 0.505. The van der Waals surface area contributed by atoms with Gasteiger partial charge in [-0.15, -0.1) is 11.3 Å². The summed E-state index contributed by atoms with van der Waals surface area (Å²) in [5, 5.41) is 2.69. The molecule has 4 nitrogen and oxygen atoms in total. The third-order valence-electron chi connectivity index (χ3n) is 3.79. The van der Waals surface area contributed by atoms with Crippen LogP contribution in [0, 0.1) is 12.7 Å². The Hall–Kier alpha value is -2.09. The number of nitrogens with one attached hydrogen (secondary N) is 1. The van der Waals surface area contributed by atoms with Crippen molar-refractivity contribution in [3.63, 3.8) is 0 Å². The summed E-state index contributed by atoms with van der Waals surface area (Å²) in [5.41, 5.74) is 3.47. The van der Waals surface area contributed by atoms with Crippen LogP contribution in [0.2, 0.25) is 0 Å². The zero-order valence-electron chi connectivity index (χ0n) is 14.3. The number of benzene rings is 2. The Morgan fingerprint density at radius 1 is 1.15 bits per heavy atom. The lowest BCUT2D eigenvalue weighted by atomic mass is 10.2. The summed E-state index contributed by atoms with van der Waals surface area (Å²) < 4.78 is 40.0. The Labute approximate surface area is 156 Å². The second-order valence-corrected chi connectivity index (χ2v) is 8.71. The van der Waals surface area contributed by atoms with Crippen LogP contribution < -0.4 is 4.72 Å². The Bertz CT molecular complexity index is 983. The number of halogens is 1. The third-order valence-corrected chi connectivity index (χ3v) is 6.08. The molecule has 0 aliphatic rings. The Morgan fingerprint density at radius 3 is 2.65 bits per heavy atom. The first kappa shape index (κ1) is 18.7. The second kappa shape index (κ2) is 8.07. The van der Waals surface area contributed by atoms with E-state index in [9.17, 15) is 12.8 Å². The molecular weight excluding hydrogens is 371 g/mol. The van der Waals surface area contributed by atoms with E-state index >= 15 is 0 Å². The molecule has 136 valence electrons. The topological polar surface area (TPSA) is 59.1 Å². The highest BCUT2D eigenvalue weighted by atomic mass is 32.2. The predicted octanol–water partition coefficient (Wildman–Crippen LogP) is 3.92. The number of aryl methyl sites for hydroxylation is 1. The van der Waals surface area contributed by atoms with Crippen molar-refractivity contribution in [3.8, 4) is 10.6 Å². The van der Waals surface area contributed by atoms with E-state index < -0.39 is 10.0 Å². The van der Waals surface area contributed by atoms with Crippen molar-refractivity contribution < 1.29 is 12.8 Å². The van der Waals surface area contributed by atoms with E-state index in [0.29, 0.717) is 13.0 Å². The van der Waals surface area contributed by atoms with E-state index in [1.54, 1.807) is 12.1 Å². The Balaban J connectivity index is 1.55. The number of thiazole rings is 1. The lowest BCUT2D eigenvalue weighted by Crippen LogP contribution is -2.27. The molecule has 2 aromatic carbocycles. The molecule has 0 spiro atoms. The highest BCUT2D eigenvalue weighted by Crippen LogP contribution is 2.24. The molecule has 1 aromatic heterocycles. The number of aromatic nitrogens is 1. The minimum Gasteiger partial charge on any atom is -0.241 e. The van der Waals surface area contributed by atoms with Gasteiger partial charge >= 0.3 is 0 Å². The average molecular weight is 391 g/mol. The van der Waals surface area contributed by atoms with Gasteiger partial charge in [0.2, 0.25) is 10.0 Å². The maximum atomic E-state index is 13.0. The van der Waals surface area contributed by atoms with Gasteiger partial charge in [-0.1, -0.05) is 29.8 Å². The van der Waals surface area contributed by atoms with Gasteiger partial charge in [0, 0.05) is 23.9 Å². The highest BCUT2D eigenvalue weighted by Gasteiger charge is 2.12. The SMILES string of the molecule is Cc1cccc(CS(=O)(=O)NCCc2csc(-c3ccc(F)cc3)n2)c1. The van der Waals surface area contributed by atoms with Crippen LogP contribution in [0.25, 0.3) is 10.6 Å². The standard InChI is InChI=1S/C19H19FN2O2S2/c1-14-3-2-4-15(11-14)13-26(23,24)21-10-9-18-12-25-19(22-18)16-5-7-17(20)8-6-16/h2-8,11-12,21H,9-10,13H2,1H3. The minimum atomic E-state index is -3.39. The van der Waals surface area contributed by atoms with Gasteiger partial charge in [-0.2, -0.15) is 0 Å². The molecule has 0 fully saturated rings. The summed E-state index contributed by atoms with van der Waals surface area (Å²) >= 11 is 1.46.